The fourth-order valence-electron chi connectivity index (χ4n) is 5.01. The molecule has 1 aromatic carbocycles. The highest BCUT2D eigenvalue weighted by Gasteiger charge is 2.50. The topological polar surface area (TPSA) is 123 Å². The molecule has 0 bridgehead atoms. The van der Waals surface area contributed by atoms with Crippen molar-refractivity contribution in [3.63, 3.8) is 0 Å². The minimum atomic E-state index is -0.857. The van der Waals surface area contributed by atoms with E-state index in [1.54, 1.807) is 22.8 Å². The Labute approximate surface area is 180 Å². The highest BCUT2D eigenvalue weighted by Crippen LogP contribution is 2.49. The van der Waals surface area contributed by atoms with Crippen LogP contribution in [0.3, 0.4) is 0 Å². The van der Waals surface area contributed by atoms with Crippen molar-refractivity contribution in [3.8, 4) is 0 Å². The van der Waals surface area contributed by atoms with Gasteiger partial charge in [-0.15, -0.1) is 0 Å². The van der Waals surface area contributed by atoms with Gasteiger partial charge in [0.05, 0.1) is 28.9 Å². The van der Waals surface area contributed by atoms with Crippen molar-refractivity contribution in [3.05, 3.63) is 66.0 Å². The van der Waals surface area contributed by atoms with E-state index in [0.29, 0.717) is 17.9 Å². The number of pyridine rings is 1. The summed E-state index contributed by atoms with van der Waals surface area (Å²) in [4.78, 5) is 4.41. The zero-order valence-electron chi connectivity index (χ0n) is 17.4. The van der Waals surface area contributed by atoms with Gasteiger partial charge in [-0.2, -0.15) is 5.10 Å². The molecule has 31 heavy (non-hydrogen) atoms. The van der Waals surface area contributed by atoms with Crippen LogP contribution in [0, 0.1) is 5.41 Å². The molecule has 5 rings (SSSR count). The number of hydrogen-bond donors (Lipinski definition) is 4. The lowest BCUT2D eigenvalue weighted by Gasteiger charge is -2.28. The summed E-state index contributed by atoms with van der Waals surface area (Å²) < 4.78 is 1.78. The Kier molecular flexibility index (Phi) is 4.60. The minimum absolute atomic E-state index is 0.213. The van der Waals surface area contributed by atoms with E-state index in [4.69, 9.17) is 11.5 Å². The Balaban J connectivity index is 1.39. The van der Waals surface area contributed by atoms with E-state index in [9.17, 15) is 10.2 Å². The lowest BCUT2D eigenvalue weighted by molar-refractivity contribution is -0.0204. The number of nitrogen functional groups attached to an aromatic ring is 2. The Morgan fingerprint density at radius 3 is 2.74 bits per heavy atom. The molecule has 1 saturated carbocycles. The van der Waals surface area contributed by atoms with Gasteiger partial charge in [0, 0.05) is 23.2 Å². The molecule has 3 aromatic heterocycles. The Bertz CT molecular complexity index is 1270. The number of aliphatic hydroxyl groups excluding tert-OH is 2. The first kappa shape index (κ1) is 19.8. The van der Waals surface area contributed by atoms with Gasteiger partial charge in [-0.3, -0.25) is 0 Å². The van der Waals surface area contributed by atoms with Gasteiger partial charge in [0.15, 0.2) is 0 Å². The molecule has 4 aromatic rings. The van der Waals surface area contributed by atoms with Crippen molar-refractivity contribution in [2.24, 2.45) is 5.41 Å². The van der Waals surface area contributed by atoms with Crippen LogP contribution in [0.15, 0.2) is 54.7 Å². The van der Waals surface area contributed by atoms with Crippen LogP contribution >= 0.6 is 0 Å². The molecule has 0 spiro atoms. The lowest BCUT2D eigenvalue weighted by atomic mass is 9.80. The van der Waals surface area contributed by atoms with Crippen molar-refractivity contribution in [2.75, 3.05) is 11.5 Å². The molecule has 1 fully saturated rings. The van der Waals surface area contributed by atoms with Gasteiger partial charge in [0.25, 0.3) is 0 Å². The molecule has 0 unspecified atom stereocenters. The van der Waals surface area contributed by atoms with Crippen LogP contribution in [-0.4, -0.2) is 37.0 Å². The van der Waals surface area contributed by atoms with Gasteiger partial charge >= 0.3 is 0 Å². The molecule has 1 aliphatic carbocycles. The largest absolute Gasteiger partial charge is 0.397 e. The third-order valence-corrected chi connectivity index (χ3v) is 6.90. The third kappa shape index (κ3) is 3.30. The van der Waals surface area contributed by atoms with E-state index in [1.165, 1.54) is 0 Å². The maximum atomic E-state index is 11.0. The second-order valence-corrected chi connectivity index (χ2v) is 9.01. The van der Waals surface area contributed by atoms with Crippen LogP contribution in [0.25, 0.3) is 16.4 Å². The Morgan fingerprint density at radius 2 is 1.90 bits per heavy atom. The van der Waals surface area contributed by atoms with E-state index in [0.717, 1.165) is 40.5 Å². The molecule has 0 saturated heterocycles. The van der Waals surface area contributed by atoms with Crippen LogP contribution in [0.5, 0.6) is 0 Å². The maximum absolute atomic E-state index is 11.0. The van der Waals surface area contributed by atoms with E-state index in [2.05, 4.69) is 29.1 Å². The van der Waals surface area contributed by atoms with E-state index < -0.39 is 17.6 Å². The van der Waals surface area contributed by atoms with Crippen molar-refractivity contribution in [1.29, 1.82) is 0 Å². The van der Waals surface area contributed by atoms with Gasteiger partial charge in [0.1, 0.15) is 5.82 Å². The minimum Gasteiger partial charge on any atom is -0.397 e. The van der Waals surface area contributed by atoms with Crippen molar-refractivity contribution < 1.29 is 10.2 Å². The molecule has 7 heteroatoms. The molecule has 6 N–H and O–H groups in total. The summed E-state index contributed by atoms with van der Waals surface area (Å²) in [6.45, 7) is 2.05. The standard InChI is InChI=1S/C24H27N5O2/c1-24(10-8-14-2-3-15-4-7-21(26)28-18(15)12-14)13-16(22(30)23(24)31)19-5-6-20-17(25)9-11-27-29(19)20/h2-7,9,11-12,16,22-23,30-31H,8,10,13,25H2,1H3,(H2,26,28)/t16-,22-,23-,24-/m0/s1. The number of nitrogens with zero attached hydrogens (tertiary/aromatic N) is 3. The van der Waals surface area contributed by atoms with Gasteiger partial charge in [-0.05, 0) is 66.6 Å². The van der Waals surface area contributed by atoms with Crippen molar-refractivity contribution in [2.45, 2.75) is 44.3 Å². The first-order chi connectivity index (χ1) is 14.9. The zero-order valence-corrected chi connectivity index (χ0v) is 17.4. The molecule has 0 aliphatic heterocycles. The summed E-state index contributed by atoms with van der Waals surface area (Å²) in [6.07, 6.45) is 2.16. The number of aromatic nitrogens is 3. The quantitative estimate of drug-likeness (QED) is 0.405. The van der Waals surface area contributed by atoms with Gasteiger partial charge < -0.3 is 21.7 Å². The SMILES string of the molecule is C[C@]1(CCc2ccc3ccc(N)nc3c2)C[C@@H](c2ccc3c(N)ccnn23)[C@H](O)[C@@H]1O. The highest BCUT2D eigenvalue weighted by atomic mass is 16.3. The fraction of sp³-hybridized carbons (Fsp3) is 0.333. The fourth-order valence-corrected chi connectivity index (χ4v) is 5.01. The normalized spacial score (nSPS) is 26.1. The summed E-state index contributed by atoms with van der Waals surface area (Å²) in [5, 5.41) is 27.3. The number of hydrogen-bond acceptors (Lipinski definition) is 6. The van der Waals surface area contributed by atoms with Crippen LogP contribution in [0.4, 0.5) is 11.5 Å². The monoisotopic (exact) mass is 417 g/mol. The Hall–Kier alpha value is -3.16. The predicted molar refractivity (Wildman–Crippen MR) is 122 cm³/mol. The van der Waals surface area contributed by atoms with Crippen LogP contribution in [0.2, 0.25) is 0 Å². The molecular formula is C24H27N5O2. The number of aryl methyl sites for hydroxylation is 1. The van der Waals surface area contributed by atoms with E-state index in [1.807, 2.05) is 24.3 Å². The average Bonchev–Trinajstić information content (AvgIpc) is 3.28. The predicted octanol–water partition coefficient (Wildman–Crippen LogP) is 2.90. The van der Waals surface area contributed by atoms with Crippen LogP contribution in [-0.2, 0) is 6.42 Å². The number of benzene rings is 1. The lowest BCUT2D eigenvalue weighted by Crippen LogP contribution is -2.34. The van der Waals surface area contributed by atoms with Gasteiger partial charge in [-0.1, -0.05) is 19.1 Å². The van der Waals surface area contributed by atoms with Crippen molar-refractivity contribution >= 4 is 27.9 Å². The first-order valence-electron chi connectivity index (χ1n) is 10.6. The highest BCUT2D eigenvalue weighted by molar-refractivity contribution is 5.80. The number of anilines is 2. The number of fused-ring (bicyclic) bond motifs is 2. The summed E-state index contributed by atoms with van der Waals surface area (Å²) in [7, 11) is 0. The Morgan fingerprint density at radius 1 is 1.10 bits per heavy atom. The molecule has 7 nitrogen and oxygen atoms in total. The maximum Gasteiger partial charge on any atom is 0.124 e. The molecule has 0 amide bonds. The molecule has 160 valence electrons. The second kappa shape index (κ2) is 7.21. The second-order valence-electron chi connectivity index (χ2n) is 9.01. The number of aliphatic hydroxyl groups is 2. The summed E-state index contributed by atoms with van der Waals surface area (Å²) in [5.74, 6) is 0.289. The number of nitrogens with two attached hydrogens (primary N) is 2. The average molecular weight is 418 g/mol. The molecule has 3 heterocycles. The smallest absolute Gasteiger partial charge is 0.124 e. The van der Waals surface area contributed by atoms with Crippen LogP contribution in [0.1, 0.15) is 36.9 Å². The first-order valence-corrected chi connectivity index (χ1v) is 10.6. The van der Waals surface area contributed by atoms with Gasteiger partial charge in [0.2, 0.25) is 0 Å². The molecule has 4 atom stereocenters. The summed E-state index contributed by atoms with van der Waals surface area (Å²) in [6, 6.07) is 15.6. The molecule has 1 aliphatic rings. The van der Waals surface area contributed by atoms with E-state index >= 15 is 0 Å². The number of rotatable bonds is 4. The zero-order chi connectivity index (χ0) is 21.8. The third-order valence-electron chi connectivity index (χ3n) is 6.90. The van der Waals surface area contributed by atoms with Crippen LogP contribution < -0.4 is 11.5 Å². The van der Waals surface area contributed by atoms with Gasteiger partial charge in [-0.25, -0.2) is 9.50 Å². The molecule has 0 radical (unpaired) electrons. The van der Waals surface area contributed by atoms with Crippen molar-refractivity contribution in [1.82, 2.24) is 14.6 Å². The summed E-state index contributed by atoms with van der Waals surface area (Å²) >= 11 is 0. The summed E-state index contributed by atoms with van der Waals surface area (Å²) in [5.41, 5.74) is 15.8. The molecular weight excluding hydrogens is 390 g/mol. The van der Waals surface area contributed by atoms with E-state index in [-0.39, 0.29) is 5.92 Å².